The summed E-state index contributed by atoms with van der Waals surface area (Å²) in [5, 5.41) is 6.97. The summed E-state index contributed by atoms with van der Waals surface area (Å²) >= 11 is 0. The highest BCUT2D eigenvalue weighted by molar-refractivity contribution is 6.00. The van der Waals surface area contributed by atoms with Crippen molar-refractivity contribution >= 4 is 29.2 Å². The molecule has 2 aromatic heterocycles. The third-order valence-electron chi connectivity index (χ3n) is 8.64. The van der Waals surface area contributed by atoms with Gasteiger partial charge in [0.15, 0.2) is 0 Å². The molecule has 1 saturated heterocycles. The molecule has 4 aromatic rings. The Hall–Kier alpha value is -4.60. The summed E-state index contributed by atoms with van der Waals surface area (Å²) in [6, 6.07) is 18.4. The van der Waals surface area contributed by atoms with Gasteiger partial charge in [-0.25, -0.2) is 14.6 Å². The lowest BCUT2D eigenvalue weighted by atomic mass is 9.71. The standard InChI is InChI=1S/C37H45N5O5/c1-35(2,3)46-33(43)39-27-17-21-42(22-18-27)32-38-23-28-29(24-11-8-7-9-12-24)30(45-31(28)40-32)25-13-15-26(16-14-25)37(19-10-20-37)41-34(44)47-36(4,5)6/h7-9,11-16,23,27H,10,17-22H2,1-6H3,(H,39,43)(H,41,44). The van der Waals surface area contributed by atoms with Crippen LogP contribution in [-0.2, 0) is 15.0 Å². The van der Waals surface area contributed by atoms with E-state index in [1.807, 2.05) is 78.1 Å². The van der Waals surface area contributed by atoms with Crippen molar-refractivity contribution in [1.82, 2.24) is 20.6 Å². The van der Waals surface area contributed by atoms with Crippen molar-refractivity contribution in [2.75, 3.05) is 18.0 Å². The van der Waals surface area contributed by atoms with E-state index in [-0.39, 0.29) is 12.1 Å². The van der Waals surface area contributed by atoms with E-state index in [1.165, 1.54) is 0 Å². The van der Waals surface area contributed by atoms with Crippen LogP contribution in [0, 0.1) is 0 Å². The monoisotopic (exact) mass is 639 g/mol. The summed E-state index contributed by atoms with van der Waals surface area (Å²) in [6.45, 7) is 12.6. The second kappa shape index (κ2) is 12.5. The number of ether oxygens (including phenoxy) is 2. The fraction of sp³-hybridized carbons (Fsp3) is 0.459. The Bertz CT molecular complexity index is 1730. The van der Waals surface area contributed by atoms with E-state index >= 15 is 0 Å². The van der Waals surface area contributed by atoms with Gasteiger partial charge >= 0.3 is 12.2 Å². The van der Waals surface area contributed by atoms with Gasteiger partial charge in [0.2, 0.25) is 11.7 Å². The maximum atomic E-state index is 12.7. The number of benzene rings is 2. The molecule has 0 bridgehead atoms. The summed E-state index contributed by atoms with van der Waals surface area (Å²) < 4.78 is 17.5. The van der Waals surface area contributed by atoms with Crippen LogP contribution in [0.5, 0.6) is 0 Å². The lowest BCUT2D eigenvalue weighted by Crippen LogP contribution is -2.52. The Balaban J connectivity index is 1.25. The smallest absolute Gasteiger partial charge is 0.408 e. The molecule has 248 valence electrons. The summed E-state index contributed by atoms with van der Waals surface area (Å²) in [7, 11) is 0. The first-order valence-electron chi connectivity index (χ1n) is 16.5. The number of aromatic nitrogens is 2. The van der Waals surface area contributed by atoms with Crippen LogP contribution < -0.4 is 15.5 Å². The van der Waals surface area contributed by atoms with Crippen molar-refractivity contribution in [3.8, 4) is 22.5 Å². The number of hydrogen-bond acceptors (Lipinski definition) is 8. The molecule has 0 spiro atoms. The fourth-order valence-electron chi connectivity index (χ4n) is 6.28. The molecular weight excluding hydrogens is 594 g/mol. The molecule has 2 aromatic carbocycles. The van der Waals surface area contributed by atoms with Gasteiger partial charge in [-0.05, 0) is 84.8 Å². The van der Waals surface area contributed by atoms with Crippen molar-refractivity contribution in [2.24, 2.45) is 0 Å². The number of furan rings is 1. The SMILES string of the molecule is CC(C)(C)OC(=O)NC1CCN(c2ncc3c(-c4ccccc4)c(-c4ccc(C5(NC(=O)OC(C)(C)C)CCC5)cc4)oc3n2)CC1. The van der Waals surface area contributed by atoms with Crippen LogP contribution in [0.15, 0.2) is 65.2 Å². The van der Waals surface area contributed by atoms with Gasteiger partial charge in [-0.2, -0.15) is 4.98 Å². The third-order valence-corrected chi connectivity index (χ3v) is 8.64. The van der Waals surface area contributed by atoms with Crippen LogP contribution in [0.4, 0.5) is 15.5 Å². The van der Waals surface area contributed by atoms with E-state index in [9.17, 15) is 9.59 Å². The number of nitrogens with one attached hydrogen (secondary N) is 2. The van der Waals surface area contributed by atoms with Crippen LogP contribution in [0.3, 0.4) is 0 Å². The molecule has 1 saturated carbocycles. The fourth-order valence-corrected chi connectivity index (χ4v) is 6.28. The number of anilines is 1. The summed E-state index contributed by atoms with van der Waals surface area (Å²) in [6.07, 6.45) is 5.34. The van der Waals surface area contributed by atoms with Gasteiger partial charge in [0.1, 0.15) is 17.0 Å². The summed E-state index contributed by atoms with van der Waals surface area (Å²) in [5.74, 6) is 1.32. The van der Waals surface area contributed by atoms with Crippen molar-refractivity contribution < 1.29 is 23.5 Å². The first-order valence-corrected chi connectivity index (χ1v) is 16.5. The van der Waals surface area contributed by atoms with Gasteiger partial charge in [0, 0.05) is 36.5 Å². The molecular formula is C37H45N5O5. The molecule has 1 aliphatic heterocycles. The van der Waals surface area contributed by atoms with Crippen LogP contribution >= 0.6 is 0 Å². The Morgan fingerprint density at radius 3 is 2.11 bits per heavy atom. The van der Waals surface area contributed by atoms with Gasteiger partial charge in [-0.1, -0.05) is 54.6 Å². The first-order chi connectivity index (χ1) is 22.3. The Morgan fingerprint density at radius 2 is 1.51 bits per heavy atom. The second-order valence-electron chi connectivity index (χ2n) is 14.6. The number of carbonyl (C=O) groups excluding carboxylic acids is 2. The average Bonchev–Trinajstić information content (AvgIpc) is 3.37. The number of alkyl carbamates (subject to hydrolysis) is 2. The highest BCUT2D eigenvalue weighted by Crippen LogP contribution is 2.44. The zero-order valence-corrected chi connectivity index (χ0v) is 28.2. The van der Waals surface area contributed by atoms with Crippen molar-refractivity contribution in [2.45, 2.75) is 96.4 Å². The molecule has 10 heteroatoms. The topological polar surface area (TPSA) is 119 Å². The van der Waals surface area contributed by atoms with Crippen molar-refractivity contribution in [3.05, 3.63) is 66.4 Å². The zero-order valence-electron chi connectivity index (χ0n) is 28.2. The Kier molecular flexibility index (Phi) is 8.63. The van der Waals surface area contributed by atoms with Gasteiger partial charge in [-0.15, -0.1) is 0 Å². The van der Waals surface area contributed by atoms with Gasteiger partial charge in [-0.3, -0.25) is 0 Å². The predicted octanol–water partition coefficient (Wildman–Crippen LogP) is 7.95. The van der Waals surface area contributed by atoms with Gasteiger partial charge in [0.05, 0.1) is 10.9 Å². The van der Waals surface area contributed by atoms with Gasteiger partial charge in [0.25, 0.3) is 0 Å². The van der Waals surface area contributed by atoms with Gasteiger partial charge < -0.3 is 29.4 Å². The first kappa shape index (κ1) is 32.3. The normalized spacial score (nSPS) is 16.8. The van der Waals surface area contributed by atoms with Crippen LogP contribution in [-0.4, -0.2) is 52.5 Å². The average molecular weight is 640 g/mol. The zero-order chi connectivity index (χ0) is 33.4. The molecule has 2 fully saturated rings. The van der Waals surface area contributed by atoms with E-state index in [0.717, 1.165) is 59.7 Å². The number of hydrogen-bond donors (Lipinski definition) is 2. The van der Waals surface area contributed by atoms with Crippen LogP contribution in [0.25, 0.3) is 33.6 Å². The minimum Gasteiger partial charge on any atom is -0.444 e. The van der Waals surface area contributed by atoms with Crippen LogP contribution in [0.2, 0.25) is 0 Å². The second-order valence-corrected chi connectivity index (χ2v) is 14.6. The quantitative estimate of drug-likeness (QED) is 0.218. The number of carbonyl (C=O) groups is 2. The molecule has 1 aliphatic carbocycles. The van der Waals surface area contributed by atoms with Crippen molar-refractivity contribution in [3.63, 3.8) is 0 Å². The maximum absolute atomic E-state index is 12.7. The number of fused-ring (bicyclic) bond motifs is 1. The number of nitrogens with zero attached hydrogens (tertiary/aromatic N) is 3. The molecule has 3 heterocycles. The molecule has 0 unspecified atom stereocenters. The minimum absolute atomic E-state index is 0.0334. The Labute approximate surface area is 276 Å². The molecule has 10 nitrogen and oxygen atoms in total. The van der Waals surface area contributed by atoms with E-state index in [2.05, 4.69) is 39.8 Å². The highest BCUT2D eigenvalue weighted by Gasteiger charge is 2.41. The predicted molar refractivity (Wildman–Crippen MR) is 182 cm³/mol. The highest BCUT2D eigenvalue weighted by atomic mass is 16.6. The molecule has 2 N–H and O–H groups in total. The third kappa shape index (κ3) is 7.37. The molecule has 6 rings (SSSR count). The minimum atomic E-state index is -0.563. The Morgan fingerprint density at radius 1 is 0.872 bits per heavy atom. The molecule has 2 aliphatic rings. The van der Waals surface area contributed by atoms with Crippen LogP contribution in [0.1, 0.15) is 79.2 Å². The van der Waals surface area contributed by atoms with E-state index in [0.29, 0.717) is 30.5 Å². The van der Waals surface area contributed by atoms with E-state index in [4.69, 9.17) is 23.9 Å². The number of amides is 2. The summed E-state index contributed by atoms with van der Waals surface area (Å²) in [4.78, 5) is 36.7. The molecule has 0 radical (unpaired) electrons. The number of rotatable bonds is 6. The summed E-state index contributed by atoms with van der Waals surface area (Å²) in [5.41, 5.74) is 2.88. The number of piperidine rings is 1. The lowest BCUT2D eigenvalue weighted by molar-refractivity contribution is 0.0376. The molecule has 0 atom stereocenters. The molecule has 47 heavy (non-hydrogen) atoms. The van der Waals surface area contributed by atoms with E-state index < -0.39 is 22.8 Å². The maximum Gasteiger partial charge on any atom is 0.408 e. The molecule has 2 amide bonds. The lowest BCUT2D eigenvalue weighted by Gasteiger charge is -2.43. The largest absolute Gasteiger partial charge is 0.444 e. The van der Waals surface area contributed by atoms with E-state index in [1.54, 1.807) is 0 Å². The van der Waals surface area contributed by atoms with Crippen molar-refractivity contribution in [1.29, 1.82) is 0 Å².